The molecule has 28 heavy (non-hydrogen) atoms. The first kappa shape index (κ1) is 19.9. The largest absolute Gasteiger partial charge is 0.489 e. The first-order valence-corrected chi connectivity index (χ1v) is 9.32. The van der Waals surface area contributed by atoms with Gasteiger partial charge in [-0.3, -0.25) is 9.59 Å². The van der Waals surface area contributed by atoms with Crippen LogP contribution in [0.15, 0.2) is 54.6 Å². The summed E-state index contributed by atoms with van der Waals surface area (Å²) >= 11 is 0. The number of amides is 1. The van der Waals surface area contributed by atoms with Crippen LogP contribution in [0.3, 0.4) is 0 Å². The van der Waals surface area contributed by atoms with Crippen LogP contribution in [0.5, 0.6) is 5.75 Å². The molecule has 1 N–H and O–H groups in total. The zero-order valence-corrected chi connectivity index (χ0v) is 16.0. The number of piperidine rings is 1. The molecule has 1 aliphatic rings. The third kappa shape index (κ3) is 4.51. The maximum atomic E-state index is 12.9. The number of nitrogens with zero attached hydrogens (tertiary/aromatic N) is 1. The number of rotatable bonds is 7. The predicted octanol–water partition coefficient (Wildman–Crippen LogP) is 3.22. The van der Waals surface area contributed by atoms with Crippen molar-refractivity contribution in [2.45, 2.75) is 19.4 Å². The van der Waals surface area contributed by atoms with Crippen LogP contribution < -0.4 is 4.74 Å². The van der Waals surface area contributed by atoms with E-state index in [-0.39, 0.29) is 19.1 Å². The van der Waals surface area contributed by atoms with E-state index < -0.39 is 11.4 Å². The van der Waals surface area contributed by atoms with Gasteiger partial charge in [0.1, 0.15) is 17.8 Å². The van der Waals surface area contributed by atoms with Gasteiger partial charge in [0.05, 0.1) is 6.61 Å². The molecule has 0 aromatic heterocycles. The highest BCUT2D eigenvalue weighted by molar-refractivity contribution is 5.94. The lowest BCUT2D eigenvalue weighted by Gasteiger charge is -2.39. The molecule has 0 spiro atoms. The highest BCUT2D eigenvalue weighted by Gasteiger charge is 2.43. The van der Waals surface area contributed by atoms with Crippen LogP contribution in [0.4, 0.5) is 0 Å². The minimum atomic E-state index is -1.04. The smallest absolute Gasteiger partial charge is 0.313 e. The second-order valence-corrected chi connectivity index (χ2v) is 7.15. The van der Waals surface area contributed by atoms with Crippen LogP contribution in [-0.2, 0) is 16.1 Å². The van der Waals surface area contributed by atoms with Gasteiger partial charge in [-0.1, -0.05) is 30.3 Å². The third-order valence-corrected chi connectivity index (χ3v) is 5.09. The molecule has 0 radical (unpaired) electrons. The fourth-order valence-corrected chi connectivity index (χ4v) is 3.55. The summed E-state index contributed by atoms with van der Waals surface area (Å²) in [7, 11) is 1.49. The highest BCUT2D eigenvalue weighted by atomic mass is 16.5. The van der Waals surface area contributed by atoms with E-state index in [2.05, 4.69) is 0 Å². The Labute approximate surface area is 164 Å². The van der Waals surface area contributed by atoms with Crippen molar-refractivity contribution in [3.8, 4) is 5.75 Å². The van der Waals surface area contributed by atoms with Crippen LogP contribution in [0.25, 0.3) is 0 Å². The molecule has 1 atom stereocenters. The van der Waals surface area contributed by atoms with Gasteiger partial charge in [0, 0.05) is 25.8 Å². The van der Waals surface area contributed by atoms with Gasteiger partial charge in [-0.15, -0.1) is 0 Å². The molecule has 2 aromatic carbocycles. The Bertz CT molecular complexity index is 801. The molecular formula is C22H25NO5. The van der Waals surface area contributed by atoms with Crippen molar-refractivity contribution in [2.75, 3.05) is 26.8 Å². The van der Waals surface area contributed by atoms with Gasteiger partial charge in [-0.05, 0) is 42.7 Å². The summed E-state index contributed by atoms with van der Waals surface area (Å²) in [4.78, 5) is 26.3. The van der Waals surface area contributed by atoms with E-state index in [1.807, 2.05) is 42.5 Å². The molecule has 0 aliphatic carbocycles. The molecule has 6 heteroatoms. The van der Waals surface area contributed by atoms with Crippen molar-refractivity contribution in [3.63, 3.8) is 0 Å². The number of carboxylic acids is 1. The fraction of sp³-hybridized carbons (Fsp3) is 0.364. The van der Waals surface area contributed by atoms with Crippen molar-refractivity contribution in [1.82, 2.24) is 4.90 Å². The highest BCUT2D eigenvalue weighted by Crippen LogP contribution is 2.31. The van der Waals surface area contributed by atoms with E-state index in [1.165, 1.54) is 7.11 Å². The molecule has 1 saturated heterocycles. The van der Waals surface area contributed by atoms with Crippen molar-refractivity contribution in [1.29, 1.82) is 0 Å². The second kappa shape index (κ2) is 8.89. The summed E-state index contributed by atoms with van der Waals surface area (Å²) in [5, 5.41) is 9.65. The molecule has 1 aliphatic heterocycles. The number of aliphatic carboxylic acids is 1. The topological polar surface area (TPSA) is 76.1 Å². The predicted molar refractivity (Wildman–Crippen MR) is 104 cm³/mol. The normalized spacial score (nSPS) is 19.2. The van der Waals surface area contributed by atoms with E-state index in [0.29, 0.717) is 31.6 Å². The second-order valence-electron chi connectivity index (χ2n) is 7.15. The number of likely N-dealkylation sites (tertiary alicyclic amines) is 1. The number of hydrogen-bond acceptors (Lipinski definition) is 4. The van der Waals surface area contributed by atoms with Gasteiger partial charge in [0.25, 0.3) is 5.91 Å². The SMILES string of the molecule is COCC1(C(=O)O)CCCN(C(=O)c2ccc(COc3ccccc3)cc2)C1. The van der Waals surface area contributed by atoms with Crippen molar-refractivity contribution in [3.05, 3.63) is 65.7 Å². The molecule has 6 nitrogen and oxygen atoms in total. The Balaban J connectivity index is 1.64. The van der Waals surface area contributed by atoms with Crippen LogP contribution in [0.1, 0.15) is 28.8 Å². The lowest BCUT2D eigenvalue weighted by Crippen LogP contribution is -2.52. The number of carboxylic acid groups (broad SMARTS) is 1. The number of para-hydroxylation sites is 1. The number of carbonyl (C=O) groups is 2. The summed E-state index contributed by atoms with van der Waals surface area (Å²) < 4.78 is 10.8. The Hall–Kier alpha value is -2.86. The molecular weight excluding hydrogens is 358 g/mol. The van der Waals surface area contributed by atoms with Gasteiger partial charge < -0.3 is 19.5 Å². The molecule has 2 aromatic rings. The molecule has 1 fully saturated rings. The Morgan fingerprint density at radius 1 is 1.11 bits per heavy atom. The Morgan fingerprint density at radius 2 is 1.82 bits per heavy atom. The third-order valence-electron chi connectivity index (χ3n) is 5.09. The maximum absolute atomic E-state index is 12.9. The van der Waals surface area contributed by atoms with E-state index in [9.17, 15) is 14.7 Å². The van der Waals surface area contributed by atoms with Gasteiger partial charge in [-0.2, -0.15) is 0 Å². The van der Waals surface area contributed by atoms with E-state index in [1.54, 1.807) is 17.0 Å². The Morgan fingerprint density at radius 3 is 2.46 bits per heavy atom. The quantitative estimate of drug-likeness (QED) is 0.794. The average Bonchev–Trinajstić information content (AvgIpc) is 2.73. The minimum Gasteiger partial charge on any atom is -0.489 e. The van der Waals surface area contributed by atoms with Crippen LogP contribution >= 0.6 is 0 Å². The van der Waals surface area contributed by atoms with E-state index in [4.69, 9.17) is 9.47 Å². The van der Waals surface area contributed by atoms with Crippen molar-refractivity contribution < 1.29 is 24.2 Å². The first-order chi connectivity index (χ1) is 13.5. The van der Waals surface area contributed by atoms with Crippen molar-refractivity contribution in [2.24, 2.45) is 5.41 Å². The molecule has 1 amide bonds. The maximum Gasteiger partial charge on any atom is 0.313 e. The molecule has 0 saturated carbocycles. The van der Waals surface area contributed by atoms with Crippen LogP contribution in [0.2, 0.25) is 0 Å². The summed E-state index contributed by atoms with van der Waals surface area (Å²) in [5.41, 5.74) is 0.465. The van der Waals surface area contributed by atoms with Gasteiger partial charge in [-0.25, -0.2) is 0 Å². The van der Waals surface area contributed by atoms with Gasteiger partial charge in [0.15, 0.2) is 0 Å². The summed E-state index contributed by atoms with van der Waals surface area (Å²) in [6, 6.07) is 16.8. The van der Waals surface area contributed by atoms with Gasteiger partial charge in [0.2, 0.25) is 0 Å². The lowest BCUT2D eigenvalue weighted by atomic mass is 9.80. The van der Waals surface area contributed by atoms with E-state index >= 15 is 0 Å². The fourth-order valence-electron chi connectivity index (χ4n) is 3.55. The lowest BCUT2D eigenvalue weighted by molar-refractivity contribution is -0.155. The average molecular weight is 383 g/mol. The zero-order chi connectivity index (χ0) is 20.0. The molecule has 1 unspecified atom stereocenters. The monoisotopic (exact) mass is 383 g/mol. The zero-order valence-electron chi connectivity index (χ0n) is 16.0. The number of ether oxygens (including phenoxy) is 2. The van der Waals surface area contributed by atoms with Gasteiger partial charge >= 0.3 is 5.97 Å². The first-order valence-electron chi connectivity index (χ1n) is 9.32. The van der Waals surface area contributed by atoms with Crippen LogP contribution in [-0.4, -0.2) is 48.7 Å². The summed E-state index contributed by atoms with van der Waals surface area (Å²) in [5.74, 6) is -0.281. The summed E-state index contributed by atoms with van der Waals surface area (Å²) in [6.45, 7) is 1.23. The molecule has 0 bridgehead atoms. The molecule has 3 rings (SSSR count). The van der Waals surface area contributed by atoms with E-state index in [0.717, 1.165) is 11.3 Å². The van der Waals surface area contributed by atoms with Crippen LogP contribution in [0, 0.1) is 5.41 Å². The molecule has 1 heterocycles. The summed E-state index contributed by atoms with van der Waals surface area (Å²) in [6.07, 6.45) is 1.15. The van der Waals surface area contributed by atoms with Crippen molar-refractivity contribution >= 4 is 11.9 Å². The number of hydrogen-bond donors (Lipinski definition) is 1. The molecule has 148 valence electrons. The minimum absolute atomic E-state index is 0.0991. The Kier molecular flexibility index (Phi) is 6.31. The number of benzene rings is 2. The number of carbonyl (C=O) groups excluding carboxylic acids is 1. The standard InChI is InChI=1S/C22H25NO5/c1-27-16-22(21(25)26)12-5-13-23(15-22)20(24)18-10-8-17(9-11-18)14-28-19-6-3-2-4-7-19/h2-4,6-11H,5,12-16H2,1H3,(H,25,26). The number of methoxy groups -OCH3 is 1.